The van der Waals surface area contributed by atoms with Crippen LogP contribution < -0.4 is 14.8 Å². The molecule has 0 fully saturated rings. The van der Waals surface area contributed by atoms with Gasteiger partial charge in [-0.15, -0.1) is 0 Å². The first-order valence-corrected chi connectivity index (χ1v) is 7.48. The van der Waals surface area contributed by atoms with E-state index in [9.17, 15) is 4.79 Å². The zero-order valence-electron chi connectivity index (χ0n) is 12.4. The Morgan fingerprint density at radius 1 is 0.913 bits per heavy atom. The molecule has 23 heavy (non-hydrogen) atoms. The molecule has 1 atom stereocenters. The van der Waals surface area contributed by atoms with Crippen molar-refractivity contribution in [3.05, 3.63) is 66.7 Å². The maximum atomic E-state index is 12.5. The molecule has 3 aromatic carbocycles. The fraction of sp³-hybridized carbons (Fsp3) is 0.105. The average Bonchev–Trinajstić information content (AvgIpc) is 2.61. The smallest absolute Gasteiger partial charge is 0.269 e. The summed E-state index contributed by atoms with van der Waals surface area (Å²) in [6, 6.07) is 21.1. The van der Waals surface area contributed by atoms with Gasteiger partial charge in [0.1, 0.15) is 6.61 Å². The lowest BCUT2D eigenvalue weighted by molar-refractivity contribution is -0.125. The second-order valence-electron chi connectivity index (χ2n) is 5.38. The number of benzene rings is 3. The Balaban J connectivity index is 1.56. The molecule has 4 nitrogen and oxygen atoms in total. The second kappa shape index (κ2) is 5.65. The Hall–Kier alpha value is -3.01. The van der Waals surface area contributed by atoms with Crippen LogP contribution in [0.3, 0.4) is 0 Å². The van der Waals surface area contributed by atoms with Crippen molar-refractivity contribution in [2.24, 2.45) is 0 Å². The summed E-state index contributed by atoms with van der Waals surface area (Å²) >= 11 is 0. The summed E-state index contributed by atoms with van der Waals surface area (Å²) in [5, 5.41) is 5.02. The van der Waals surface area contributed by atoms with Gasteiger partial charge in [0.2, 0.25) is 6.10 Å². The van der Waals surface area contributed by atoms with Gasteiger partial charge in [0.25, 0.3) is 5.91 Å². The number of rotatable bonds is 2. The lowest BCUT2D eigenvalue weighted by atomic mass is 10.1. The first kappa shape index (κ1) is 13.6. The van der Waals surface area contributed by atoms with Gasteiger partial charge in [0.05, 0.1) is 0 Å². The van der Waals surface area contributed by atoms with Crippen molar-refractivity contribution in [2.75, 3.05) is 11.9 Å². The highest BCUT2D eigenvalue weighted by Gasteiger charge is 2.27. The number of nitrogens with one attached hydrogen (secondary N) is 1. The van der Waals surface area contributed by atoms with Gasteiger partial charge >= 0.3 is 0 Å². The minimum Gasteiger partial charge on any atom is -0.485 e. The number of hydrogen-bond donors (Lipinski definition) is 1. The summed E-state index contributed by atoms with van der Waals surface area (Å²) in [5.74, 6) is 1.05. The van der Waals surface area contributed by atoms with E-state index in [4.69, 9.17) is 9.47 Å². The molecule has 3 aromatic rings. The Morgan fingerprint density at radius 2 is 1.65 bits per heavy atom. The van der Waals surface area contributed by atoms with E-state index >= 15 is 0 Å². The minimum atomic E-state index is -0.663. The first-order valence-electron chi connectivity index (χ1n) is 7.48. The van der Waals surface area contributed by atoms with Crippen LogP contribution in [0.1, 0.15) is 0 Å². The number of fused-ring (bicyclic) bond motifs is 2. The standard InChI is InChI=1S/C19H15NO3/c21-19(18-12-22-16-10-3-4-11-17(16)23-18)20-15-9-5-7-13-6-1-2-8-14(13)15/h1-11,18H,12H2,(H,20,21). The molecule has 1 heterocycles. The number of carbonyl (C=O) groups excluding carboxylic acids is 1. The summed E-state index contributed by atoms with van der Waals surface area (Å²) in [5.41, 5.74) is 0.774. The van der Waals surface area contributed by atoms with Crippen molar-refractivity contribution in [3.8, 4) is 11.5 Å². The summed E-state index contributed by atoms with van der Waals surface area (Å²) in [6.07, 6.45) is -0.663. The molecule has 0 saturated carbocycles. The van der Waals surface area contributed by atoms with Crippen LogP contribution in [-0.2, 0) is 4.79 Å². The quantitative estimate of drug-likeness (QED) is 0.786. The molecule has 114 valence electrons. The van der Waals surface area contributed by atoms with Crippen LogP contribution in [0.4, 0.5) is 5.69 Å². The van der Waals surface area contributed by atoms with Crippen LogP contribution in [0.5, 0.6) is 11.5 Å². The first-order chi connectivity index (χ1) is 11.3. The van der Waals surface area contributed by atoms with Crippen molar-refractivity contribution >= 4 is 22.4 Å². The third-order valence-electron chi connectivity index (χ3n) is 3.85. The Bertz CT molecular complexity index is 870. The number of para-hydroxylation sites is 2. The van der Waals surface area contributed by atoms with Crippen molar-refractivity contribution < 1.29 is 14.3 Å². The van der Waals surface area contributed by atoms with Crippen molar-refractivity contribution in [1.82, 2.24) is 0 Å². The second-order valence-corrected chi connectivity index (χ2v) is 5.38. The Morgan fingerprint density at radius 3 is 2.57 bits per heavy atom. The molecule has 0 radical (unpaired) electrons. The highest BCUT2D eigenvalue weighted by molar-refractivity contribution is 6.03. The van der Waals surface area contributed by atoms with Crippen molar-refractivity contribution in [2.45, 2.75) is 6.10 Å². The van der Waals surface area contributed by atoms with Gasteiger partial charge in [-0.3, -0.25) is 4.79 Å². The molecular weight excluding hydrogens is 290 g/mol. The van der Waals surface area contributed by atoms with E-state index in [1.54, 1.807) is 6.07 Å². The highest BCUT2D eigenvalue weighted by Crippen LogP contribution is 2.31. The predicted molar refractivity (Wildman–Crippen MR) is 88.9 cm³/mol. The van der Waals surface area contributed by atoms with E-state index in [0.29, 0.717) is 11.5 Å². The number of amides is 1. The van der Waals surface area contributed by atoms with Crippen LogP contribution in [0.15, 0.2) is 66.7 Å². The SMILES string of the molecule is O=C(Nc1cccc2ccccc12)C1COc2ccccc2O1. The Labute approximate surface area is 133 Å². The maximum absolute atomic E-state index is 12.5. The lowest BCUT2D eigenvalue weighted by Crippen LogP contribution is -2.40. The Kier molecular flexibility index (Phi) is 3.35. The summed E-state index contributed by atoms with van der Waals surface area (Å²) in [7, 11) is 0. The van der Waals surface area contributed by atoms with Crippen LogP contribution in [0, 0.1) is 0 Å². The monoisotopic (exact) mass is 305 g/mol. The summed E-state index contributed by atoms with van der Waals surface area (Å²) in [6.45, 7) is 0.202. The third-order valence-corrected chi connectivity index (χ3v) is 3.85. The van der Waals surface area contributed by atoms with Crippen LogP contribution >= 0.6 is 0 Å². The molecular formula is C19H15NO3. The molecule has 0 bridgehead atoms. The molecule has 0 aliphatic carbocycles. The number of carbonyl (C=O) groups is 1. The molecule has 0 aromatic heterocycles. The van der Waals surface area contributed by atoms with Gasteiger partial charge in [-0.25, -0.2) is 0 Å². The molecule has 0 saturated heterocycles. The number of anilines is 1. The molecule has 0 spiro atoms. The summed E-state index contributed by atoms with van der Waals surface area (Å²) in [4.78, 5) is 12.5. The highest BCUT2D eigenvalue weighted by atomic mass is 16.6. The normalized spacial score (nSPS) is 16.1. The number of hydrogen-bond acceptors (Lipinski definition) is 3. The fourth-order valence-electron chi connectivity index (χ4n) is 2.70. The molecule has 1 N–H and O–H groups in total. The van der Waals surface area contributed by atoms with Crippen LogP contribution in [-0.4, -0.2) is 18.6 Å². The molecule has 1 unspecified atom stereocenters. The van der Waals surface area contributed by atoms with E-state index in [1.807, 2.05) is 60.7 Å². The largest absolute Gasteiger partial charge is 0.485 e. The van der Waals surface area contributed by atoms with Gasteiger partial charge in [-0.1, -0.05) is 48.5 Å². The van der Waals surface area contributed by atoms with Gasteiger partial charge < -0.3 is 14.8 Å². The van der Waals surface area contributed by atoms with Gasteiger partial charge in [0, 0.05) is 11.1 Å². The zero-order valence-corrected chi connectivity index (χ0v) is 12.4. The van der Waals surface area contributed by atoms with Crippen LogP contribution in [0.2, 0.25) is 0 Å². The van der Waals surface area contributed by atoms with E-state index in [2.05, 4.69) is 5.32 Å². The van der Waals surface area contributed by atoms with E-state index < -0.39 is 6.10 Å². The third kappa shape index (κ3) is 2.59. The van der Waals surface area contributed by atoms with Crippen molar-refractivity contribution in [1.29, 1.82) is 0 Å². The molecule has 1 aliphatic rings. The fourth-order valence-corrected chi connectivity index (χ4v) is 2.70. The van der Waals surface area contributed by atoms with E-state index in [0.717, 1.165) is 16.5 Å². The molecule has 1 amide bonds. The van der Waals surface area contributed by atoms with Crippen LogP contribution in [0.25, 0.3) is 10.8 Å². The molecule has 4 rings (SSSR count). The van der Waals surface area contributed by atoms with Gasteiger partial charge in [-0.2, -0.15) is 0 Å². The van der Waals surface area contributed by atoms with E-state index in [1.165, 1.54) is 0 Å². The van der Waals surface area contributed by atoms with Gasteiger partial charge in [-0.05, 0) is 23.6 Å². The summed E-state index contributed by atoms with van der Waals surface area (Å²) < 4.78 is 11.3. The lowest BCUT2D eigenvalue weighted by Gasteiger charge is -2.25. The van der Waals surface area contributed by atoms with E-state index in [-0.39, 0.29) is 12.5 Å². The molecule has 1 aliphatic heterocycles. The topological polar surface area (TPSA) is 47.6 Å². The minimum absolute atomic E-state index is 0.202. The average molecular weight is 305 g/mol. The van der Waals surface area contributed by atoms with Gasteiger partial charge in [0.15, 0.2) is 11.5 Å². The zero-order chi connectivity index (χ0) is 15.6. The predicted octanol–water partition coefficient (Wildman–Crippen LogP) is 3.62. The molecule has 4 heteroatoms. The van der Waals surface area contributed by atoms with Crippen molar-refractivity contribution in [3.63, 3.8) is 0 Å². The number of ether oxygens (including phenoxy) is 2. The maximum Gasteiger partial charge on any atom is 0.269 e.